The first kappa shape index (κ1) is 14.0. The van der Waals surface area contributed by atoms with Gasteiger partial charge in [-0.25, -0.2) is 0 Å². The van der Waals surface area contributed by atoms with Crippen LogP contribution in [0.1, 0.15) is 31.7 Å². The molecule has 1 aromatic heterocycles. The number of hydrogen-bond donors (Lipinski definition) is 1. The average Bonchev–Trinajstić information content (AvgIpc) is 3.32. The van der Waals surface area contributed by atoms with Crippen molar-refractivity contribution in [3.8, 4) is 0 Å². The van der Waals surface area contributed by atoms with E-state index in [-0.39, 0.29) is 11.8 Å². The van der Waals surface area contributed by atoms with Gasteiger partial charge in [-0.15, -0.1) is 0 Å². The lowest BCUT2D eigenvalue weighted by Crippen LogP contribution is -2.56. The highest BCUT2D eigenvalue weighted by molar-refractivity contribution is 5.93. The first-order chi connectivity index (χ1) is 10.1. The van der Waals surface area contributed by atoms with Crippen LogP contribution in [0.2, 0.25) is 0 Å². The van der Waals surface area contributed by atoms with Crippen LogP contribution in [0.25, 0.3) is 0 Å². The molecule has 0 bridgehead atoms. The molecule has 2 heterocycles. The van der Waals surface area contributed by atoms with Gasteiger partial charge in [0, 0.05) is 31.9 Å². The van der Waals surface area contributed by atoms with Crippen molar-refractivity contribution in [1.82, 2.24) is 15.2 Å². The molecule has 0 spiro atoms. The van der Waals surface area contributed by atoms with Gasteiger partial charge in [-0.2, -0.15) is 0 Å². The number of nitrogens with zero attached hydrogens (tertiary/aromatic N) is 2. The van der Waals surface area contributed by atoms with Crippen molar-refractivity contribution in [2.45, 2.75) is 38.1 Å². The summed E-state index contributed by atoms with van der Waals surface area (Å²) in [4.78, 5) is 30.6. The fraction of sp³-hybridized carbons (Fsp3) is 0.562. The second-order valence-corrected chi connectivity index (χ2v) is 6.18. The lowest BCUT2D eigenvalue weighted by molar-refractivity contribution is -0.139. The maximum Gasteiger partial charge on any atom is 0.248 e. The molecule has 0 radical (unpaired) electrons. The molecule has 2 aliphatic rings. The predicted molar refractivity (Wildman–Crippen MR) is 78.4 cm³/mol. The van der Waals surface area contributed by atoms with E-state index < -0.39 is 5.54 Å². The Kier molecular flexibility index (Phi) is 3.66. The van der Waals surface area contributed by atoms with Crippen LogP contribution in [0, 0.1) is 5.92 Å². The summed E-state index contributed by atoms with van der Waals surface area (Å²) in [5, 5.41) is 2.95. The third kappa shape index (κ3) is 2.91. The minimum Gasteiger partial charge on any atom is -0.342 e. The van der Waals surface area contributed by atoms with Crippen LogP contribution < -0.4 is 5.32 Å². The van der Waals surface area contributed by atoms with Crippen molar-refractivity contribution < 1.29 is 9.59 Å². The Morgan fingerprint density at radius 3 is 2.90 bits per heavy atom. The summed E-state index contributed by atoms with van der Waals surface area (Å²) < 4.78 is 0. The van der Waals surface area contributed by atoms with Crippen molar-refractivity contribution >= 4 is 11.8 Å². The van der Waals surface area contributed by atoms with E-state index in [2.05, 4.69) is 10.3 Å². The Labute approximate surface area is 124 Å². The molecule has 1 saturated heterocycles. The average molecular weight is 287 g/mol. The Hall–Kier alpha value is -1.91. The molecule has 2 amide bonds. The van der Waals surface area contributed by atoms with E-state index >= 15 is 0 Å². The summed E-state index contributed by atoms with van der Waals surface area (Å²) in [5.74, 6) is 0.356. The number of rotatable bonds is 4. The fourth-order valence-corrected chi connectivity index (χ4v) is 3.03. The first-order valence-corrected chi connectivity index (χ1v) is 7.59. The number of aromatic nitrogens is 1. The van der Waals surface area contributed by atoms with Crippen LogP contribution in [0.5, 0.6) is 0 Å². The zero-order valence-electron chi connectivity index (χ0n) is 12.3. The van der Waals surface area contributed by atoms with E-state index in [1.54, 1.807) is 6.20 Å². The number of amides is 2. The molecule has 21 heavy (non-hydrogen) atoms. The first-order valence-electron chi connectivity index (χ1n) is 7.59. The van der Waals surface area contributed by atoms with Gasteiger partial charge in [0.1, 0.15) is 5.54 Å². The highest BCUT2D eigenvalue weighted by Gasteiger charge is 2.50. The van der Waals surface area contributed by atoms with E-state index in [9.17, 15) is 9.59 Å². The second-order valence-electron chi connectivity index (χ2n) is 6.18. The van der Waals surface area contributed by atoms with Crippen molar-refractivity contribution in [1.29, 1.82) is 0 Å². The van der Waals surface area contributed by atoms with Gasteiger partial charge in [-0.1, -0.05) is 6.07 Å². The summed E-state index contributed by atoms with van der Waals surface area (Å²) in [6.45, 7) is 3.03. The Bertz CT molecular complexity index is 542. The van der Waals surface area contributed by atoms with Crippen molar-refractivity contribution in [2.24, 2.45) is 5.92 Å². The van der Waals surface area contributed by atoms with E-state index in [4.69, 9.17) is 0 Å². The molecule has 2 fully saturated rings. The number of carbonyl (C=O) groups excluding carboxylic acids is 2. The molecule has 5 nitrogen and oxygen atoms in total. The van der Waals surface area contributed by atoms with Crippen molar-refractivity contribution in [2.75, 3.05) is 13.1 Å². The summed E-state index contributed by atoms with van der Waals surface area (Å²) >= 11 is 0. The van der Waals surface area contributed by atoms with Gasteiger partial charge in [0.2, 0.25) is 11.8 Å². The summed E-state index contributed by atoms with van der Waals surface area (Å²) in [6, 6.07) is 3.91. The predicted octanol–water partition coefficient (Wildman–Crippen LogP) is 1.14. The van der Waals surface area contributed by atoms with Gasteiger partial charge in [0.25, 0.3) is 0 Å². The van der Waals surface area contributed by atoms with Crippen molar-refractivity contribution in [3.05, 3.63) is 30.1 Å². The molecule has 1 N–H and O–H groups in total. The number of carbonyl (C=O) groups is 2. The van der Waals surface area contributed by atoms with Gasteiger partial charge >= 0.3 is 0 Å². The minimum atomic E-state index is -0.706. The van der Waals surface area contributed by atoms with Crippen LogP contribution >= 0.6 is 0 Å². The molecule has 3 rings (SSSR count). The monoisotopic (exact) mass is 287 g/mol. The van der Waals surface area contributed by atoms with E-state index in [1.165, 1.54) is 0 Å². The molecule has 1 aliphatic carbocycles. The molecule has 1 atom stereocenters. The van der Waals surface area contributed by atoms with Gasteiger partial charge in [0.15, 0.2) is 0 Å². The molecule has 1 aromatic rings. The lowest BCUT2D eigenvalue weighted by atomic mass is 9.94. The molecule has 1 saturated carbocycles. The third-order valence-electron chi connectivity index (χ3n) is 4.53. The summed E-state index contributed by atoms with van der Waals surface area (Å²) in [7, 11) is 0. The SMILES string of the molecule is CC1(C2CC2)NC(=O)CCN(CCc2cccnc2)C1=O. The van der Waals surface area contributed by atoms with E-state index in [0.29, 0.717) is 25.4 Å². The van der Waals surface area contributed by atoms with Gasteiger partial charge in [0.05, 0.1) is 0 Å². The van der Waals surface area contributed by atoms with E-state index in [1.807, 2.05) is 30.2 Å². The maximum absolute atomic E-state index is 12.8. The molecule has 0 aromatic carbocycles. The van der Waals surface area contributed by atoms with Gasteiger partial charge in [-0.05, 0) is 43.7 Å². The number of hydrogen-bond acceptors (Lipinski definition) is 3. The highest BCUT2D eigenvalue weighted by Crippen LogP contribution is 2.41. The standard InChI is InChI=1S/C16H21N3O2/c1-16(13-4-5-13)15(21)19(10-7-14(20)18-16)9-6-12-3-2-8-17-11-12/h2-3,8,11,13H,4-7,9-10H2,1H3,(H,18,20). The molecule has 1 aliphatic heterocycles. The molecular formula is C16H21N3O2. The summed E-state index contributed by atoms with van der Waals surface area (Å²) in [6.07, 6.45) is 6.78. The van der Waals surface area contributed by atoms with E-state index in [0.717, 1.165) is 24.8 Å². The molecular weight excluding hydrogens is 266 g/mol. The number of pyridine rings is 1. The van der Waals surface area contributed by atoms with Crippen molar-refractivity contribution in [3.63, 3.8) is 0 Å². The summed E-state index contributed by atoms with van der Waals surface area (Å²) in [5.41, 5.74) is 0.407. The highest BCUT2D eigenvalue weighted by atomic mass is 16.2. The topological polar surface area (TPSA) is 62.3 Å². The molecule has 112 valence electrons. The lowest BCUT2D eigenvalue weighted by Gasteiger charge is -2.32. The van der Waals surface area contributed by atoms with Crippen LogP contribution in [-0.4, -0.2) is 40.3 Å². The zero-order valence-corrected chi connectivity index (χ0v) is 12.3. The minimum absolute atomic E-state index is 0.0124. The third-order valence-corrected chi connectivity index (χ3v) is 4.53. The Morgan fingerprint density at radius 1 is 1.43 bits per heavy atom. The Balaban J connectivity index is 1.71. The Morgan fingerprint density at radius 2 is 2.24 bits per heavy atom. The fourth-order valence-electron chi connectivity index (χ4n) is 3.03. The maximum atomic E-state index is 12.8. The van der Waals surface area contributed by atoms with Gasteiger partial charge in [-0.3, -0.25) is 14.6 Å². The normalized spacial score (nSPS) is 26.4. The number of nitrogens with one attached hydrogen (secondary N) is 1. The van der Waals surface area contributed by atoms with Crippen LogP contribution in [0.4, 0.5) is 0 Å². The quantitative estimate of drug-likeness (QED) is 0.903. The van der Waals surface area contributed by atoms with Crippen LogP contribution in [-0.2, 0) is 16.0 Å². The largest absolute Gasteiger partial charge is 0.342 e. The van der Waals surface area contributed by atoms with Gasteiger partial charge < -0.3 is 10.2 Å². The molecule has 1 unspecified atom stereocenters. The second kappa shape index (κ2) is 5.47. The van der Waals surface area contributed by atoms with Crippen LogP contribution in [0.3, 0.4) is 0 Å². The zero-order chi connectivity index (χ0) is 14.9. The van der Waals surface area contributed by atoms with Crippen LogP contribution in [0.15, 0.2) is 24.5 Å². The molecule has 5 heteroatoms. The smallest absolute Gasteiger partial charge is 0.248 e.